The van der Waals surface area contributed by atoms with Crippen molar-refractivity contribution in [3.05, 3.63) is 82.0 Å². The molecule has 1 aromatic heterocycles. The molecule has 5 nitrogen and oxygen atoms in total. The summed E-state index contributed by atoms with van der Waals surface area (Å²) in [7, 11) is 3.13. The van der Waals surface area contributed by atoms with Gasteiger partial charge in [-0.05, 0) is 54.1 Å². The molecule has 3 rings (SSSR count). The van der Waals surface area contributed by atoms with Crippen LogP contribution in [0.2, 0.25) is 10.0 Å². The molecular formula is C22H18Cl2N2O3. The zero-order valence-electron chi connectivity index (χ0n) is 15.8. The van der Waals surface area contributed by atoms with Crippen LogP contribution in [0.3, 0.4) is 0 Å². The number of pyridine rings is 1. The van der Waals surface area contributed by atoms with Crippen LogP contribution in [0.15, 0.2) is 60.8 Å². The van der Waals surface area contributed by atoms with Crippen molar-refractivity contribution in [1.82, 2.24) is 4.98 Å². The van der Waals surface area contributed by atoms with Crippen molar-refractivity contribution in [2.24, 2.45) is 0 Å². The lowest BCUT2D eigenvalue weighted by Crippen LogP contribution is -2.03. The number of ketones is 1. The number of methoxy groups -OCH3 is 2. The van der Waals surface area contributed by atoms with E-state index in [1.807, 2.05) is 6.07 Å². The number of rotatable bonds is 7. The molecule has 0 saturated heterocycles. The molecule has 0 spiro atoms. The van der Waals surface area contributed by atoms with Crippen molar-refractivity contribution in [1.29, 1.82) is 0 Å². The molecule has 0 bridgehead atoms. The maximum absolute atomic E-state index is 12.8. The average molecular weight is 429 g/mol. The van der Waals surface area contributed by atoms with Crippen LogP contribution < -0.4 is 14.8 Å². The Hall–Kier alpha value is -3.02. The monoisotopic (exact) mass is 428 g/mol. The van der Waals surface area contributed by atoms with E-state index in [4.69, 9.17) is 32.7 Å². The summed E-state index contributed by atoms with van der Waals surface area (Å²) < 4.78 is 10.5. The number of carbonyl (C=O) groups is 1. The highest BCUT2D eigenvalue weighted by Crippen LogP contribution is 2.30. The Kier molecular flexibility index (Phi) is 6.75. The molecule has 1 N–H and O–H groups in total. The third kappa shape index (κ3) is 5.08. The molecule has 0 aliphatic heterocycles. The summed E-state index contributed by atoms with van der Waals surface area (Å²) in [5, 5.41) is 4.04. The number of nitrogens with one attached hydrogen (secondary N) is 1. The van der Waals surface area contributed by atoms with Gasteiger partial charge in [0.15, 0.2) is 17.3 Å². The first-order valence-corrected chi connectivity index (χ1v) is 9.39. The predicted octanol–water partition coefficient (Wildman–Crippen LogP) is 6.05. The van der Waals surface area contributed by atoms with Gasteiger partial charge in [-0.25, -0.2) is 4.98 Å². The van der Waals surface area contributed by atoms with E-state index in [-0.39, 0.29) is 5.78 Å². The predicted molar refractivity (Wildman–Crippen MR) is 117 cm³/mol. The molecule has 1 heterocycles. The standard InChI is InChI=1S/C22H18Cl2N2O3/c1-28-20-10-6-14(12-21(20)29-2)5-9-19(27)16-4-3-11-25-22(16)26-18-8-7-15(23)13-17(18)24/h3-13H,1-2H3,(H,25,26)/b9-5+. The maximum atomic E-state index is 12.8. The first kappa shape index (κ1) is 20.7. The van der Waals surface area contributed by atoms with E-state index in [1.54, 1.807) is 69.0 Å². The van der Waals surface area contributed by atoms with Crippen molar-refractivity contribution in [3.8, 4) is 11.5 Å². The molecule has 0 atom stereocenters. The highest BCUT2D eigenvalue weighted by molar-refractivity contribution is 6.36. The van der Waals surface area contributed by atoms with E-state index >= 15 is 0 Å². The van der Waals surface area contributed by atoms with Crippen molar-refractivity contribution in [2.45, 2.75) is 0 Å². The fraction of sp³-hybridized carbons (Fsp3) is 0.0909. The number of aromatic nitrogens is 1. The summed E-state index contributed by atoms with van der Waals surface area (Å²) in [5.74, 6) is 1.40. The molecule has 7 heteroatoms. The van der Waals surface area contributed by atoms with E-state index in [1.165, 1.54) is 6.08 Å². The molecule has 29 heavy (non-hydrogen) atoms. The van der Waals surface area contributed by atoms with E-state index in [9.17, 15) is 4.79 Å². The van der Waals surface area contributed by atoms with Crippen molar-refractivity contribution in [2.75, 3.05) is 19.5 Å². The number of nitrogens with zero attached hydrogens (tertiary/aromatic N) is 1. The number of ether oxygens (including phenoxy) is 2. The molecule has 0 radical (unpaired) electrons. The molecular weight excluding hydrogens is 411 g/mol. The minimum Gasteiger partial charge on any atom is -0.493 e. The topological polar surface area (TPSA) is 60.5 Å². The molecule has 0 saturated carbocycles. The van der Waals surface area contributed by atoms with Gasteiger partial charge >= 0.3 is 0 Å². The highest BCUT2D eigenvalue weighted by Gasteiger charge is 2.12. The van der Waals surface area contributed by atoms with Gasteiger partial charge in [-0.2, -0.15) is 0 Å². The Morgan fingerprint density at radius 2 is 1.83 bits per heavy atom. The van der Waals surface area contributed by atoms with Crippen LogP contribution in [0.4, 0.5) is 11.5 Å². The number of halogens is 2. The smallest absolute Gasteiger partial charge is 0.189 e. The minimum atomic E-state index is -0.208. The second-order valence-corrected chi connectivity index (χ2v) is 6.80. The van der Waals surface area contributed by atoms with Crippen molar-refractivity contribution >= 4 is 46.6 Å². The Labute approximate surface area is 178 Å². The maximum Gasteiger partial charge on any atom is 0.189 e. The van der Waals surface area contributed by atoms with Crippen LogP contribution in [0.25, 0.3) is 6.08 Å². The van der Waals surface area contributed by atoms with Crippen molar-refractivity contribution in [3.63, 3.8) is 0 Å². The number of allylic oxidation sites excluding steroid dienone is 1. The Balaban J connectivity index is 1.84. The summed E-state index contributed by atoms with van der Waals surface area (Å²) in [6, 6.07) is 13.9. The first-order chi connectivity index (χ1) is 14.0. The van der Waals surface area contributed by atoms with Crippen LogP contribution in [0.1, 0.15) is 15.9 Å². The number of hydrogen-bond acceptors (Lipinski definition) is 5. The number of carbonyl (C=O) groups excluding carboxylic acids is 1. The summed E-state index contributed by atoms with van der Waals surface area (Å²) in [4.78, 5) is 17.0. The molecule has 0 fully saturated rings. The van der Waals surface area contributed by atoms with Gasteiger partial charge in [-0.1, -0.05) is 35.3 Å². The number of hydrogen-bond donors (Lipinski definition) is 1. The van der Waals surface area contributed by atoms with Crippen molar-refractivity contribution < 1.29 is 14.3 Å². The van der Waals surface area contributed by atoms with E-state index < -0.39 is 0 Å². The highest BCUT2D eigenvalue weighted by atomic mass is 35.5. The van der Waals surface area contributed by atoms with Gasteiger partial charge < -0.3 is 14.8 Å². The second kappa shape index (κ2) is 9.45. The third-order valence-corrected chi connectivity index (χ3v) is 4.64. The molecule has 2 aromatic carbocycles. The van der Waals surface area contributed by atoms with Gasteiger partial charge in [0.1, 0.15) is 5.82 Å². The Morgan fingerprint density at radius 3 is 2.55 bits per heavy atom. The lowest BCUT2D eigenvalue weighted by molar-refractivity contribution is 0.104. The van der Waals surface area contributed by atoms with Crippen LogP contribution in [-0.2, 0) is 0 Å². The normalized spacial score (nSPS) is 10.8. The fourth-order valence-electron chi connectivity index (χ4n) is 2.64. The number of benzene rings is 2. The third-order valence-electron chi connectivity index (χ3n) is 4.09. The molecule has 0 aliphatic carbocycles. The summed E-state index contributed by atoms with van der Waals surface area (Å²) in [6.45, 7) is 0. The quantitative estimate of drug-likeness (QED) is 0.366. The SMILES string of the molecule is COc1ccc(/C=C/C(=O)c2cccnc2Nc2ccc(Cl)cc2Cl)cc1OC. The van der Waals surface area contributed by atoms with Gasteiger partial charge in [0.25, 0.3) is 0 Å². The van der Waals surface area contributed by atoms with Crippen LogP contribution in [0.5, 0.6) is 11.5 Å². The second-order valence-electron chi connectivity index (χ2n) is 5.96. The van der Waals surface area contributed by atoms with Gasteiger partial charge in [0, 0.05) is 11.2 Å². The lowest BCUT2D eigenvalue weighted by atomic mass is 10.1. The van der Waals surface area contributed by atoms with Gasteiger partial charge in [-0.3, -0.25) is 4.79 Å². The molecule has 148 valence electrons. The largest absolute Gasteiger partial charge is 0.493 e. The zero-order valence-corrected chi connectivity index (χ0v) is 17.3. The minimum absolute atomic E-state index is 0.208. The van der Waals surface area contributed by atoms with E-state index in [0.29, 0.717) is 38.6 Å². The first-order valence-electron chi connectivity index (χ1n) is 8.63. The van der Waals surface area contributed by atoms with E-state index in [2.05, 4.69) is 10.3 Å². The molecule has 3 aromatic rings. The van der Waals surface area contributed by atoms with Crippen LogP contribution in [0, 0.1) is 0 Å². The summed E-state index contributed by atoms with van der Waals surface area (Å²) in [6.07, 6.45) is 4.78. The molecule has 0 amide bonds. The van der Waals surface area contributed by atoms with Crippen LogP contribution in [-0.4, -0.2) is 25.0 Å². The Morgan fingerprint density at radius 1 is 1.03 bits per heavy atom. The average Bonchev–Trinajstić information content (AvgIpc) is 2.74. The van der Waals surface area contributed by atoms with E-state index in [0.717, 1.165) is 5.56 Å². The Bertz CT molecular complexity index is 1070. The molecule has 0 unspecified atom stereocenters. The van der Waals surface area contributed by atoms with Gasteiger partial charge in [0.2, 0.25) is 0 Å². The van der Waals surface area contributed by atoms with Gasteiger partial charge in [-0.15, -0.1) is 0 Å². The zero-order chi connectivity index (χ0) is 20.8. The lowest BCUT2D eigenvalue weighted by Gasteiger charge is -2.11. The molecule has 0 aliphatic rings. The summed E-state index contributed by atoms with van der Waals surface area (Å²) >= 11 is 12.1. The summed E-state index contributed by atoms with van der Waals surface area (Å²) in [5.41, 5.74) is 1.82. The van der Waals surface area contributed by atoms with Crippen LogP contribution >= 0.6 is 23.2 Å². The number of anilines is 2. The fourth-order valence-corrected chi connectivity index (χ4v) is 3.10. The van der Waals surface area contributed by atoms with Gasteiger partial charge in [0.05, 0.1) is 30.5 Å².